The minimum absolute atomic E-state index is 0.129. The molecule has 0 unspecified atom stereocenters. The van der Waals surface area contributed by atoms with Crippen LogP contribution in [0.3, 0.4) is 0 Å². The van der Waals surface area contributed by atoms with Crippen LogP contribution in [0.2, 0.25) is 0 Å². The molecule has 25 heavy (non-hydrogen) atoms. The molecule has 2 amide bonds. The number of aryl methyl sites for hydroxylation is 1. The van der Waals surface area contributed by atoms with Gasteiger partial charge in [-0.2, -0.15) is 5.10 Å². The van der Waals surface area contributed by atoms with E-state index in [1.165, 1.54) is 4.68 Å². The molecule has 0 spiro atoms. The Morgan fingerprint density at radius 3 is 2.64 bits per heavy atom. The summed E-state index contributed by atoms with van der Waals surface area (Å²) in [5, 5.41) is 9.54. The van der Waals surface area contributed by atoms with E-state index in [4.69, 9.17) is 0 Å². The van der Waals surface area contributed by atoms with Crippen LogP contribution in [0, 0.1) is 0 Å². The standard InChI is InChI=1S/C17H21N5O3/c1-18-16(24)12-6-8-13(9-7-12)19-15(23)11-22-17(25)21-10-4-2-3-5-14(21)20-22/h6-9H,2-5,10-11H2,1H3,(H,18,24)(H,19,23). The van der Waals surface area contributed by atoms with E-state index in [9.17, 15) is 14.4 Å². The summed E-state index contributed by atoms with van der Waals surface area (Å²) in [6, 6.07) is 6.54. The van der Waals surface area contributed by atoms with Crippen molar-refractivity contribution >= 4 is 17.5 Å². The van der Waals surface area contributed by atoms with E-state index in [1.807, 2.05) is 0 Å². The molecule has 2 aromatic rings. The van der Waals surface area contributed by atoms with Gasteiger partial charge in [0.15, 0.2) is 0 Å². The topological polar surface area (TPSA) is 98.0 Å². The molecule has 1 aliphatic heterocycles. The van der Waals surface area contributed by atoms with E-state index in [1.54, 1.807) is 35.9 Å². The Kier molecular flexibility index (Phi) is 4.97. The first-order valence-corrected chi connectivity index (χ1v) is 8.37. The summed E-state index contributed by atoms with van der Waals surface area (Å²) in [7, 11) is 1.56. The Labute approximate surface area is 144 Å². The molecule has 0 atom stereocenters. The maximum atomic E-state index is 12.3. The van der Waals surface area contributed by atoms with Crippen LogP contribution in [0.15, 0.2) is 29.1 Å². The second kappa shape index (κ2) is 7.33. The molecule has 8 nitrogen and oxygen atoms in total. The molecule has 0 bridgehead atoms. The van der Waals surface area contributed by atoms with Crippen LogP contribution in [0.1, 0.15) is 35.4 Å². The maximum Gasteiger partial charge on any atom is 0.346 e. The average molecular weight is 343 g/mol. The van der Waals surface area contributed by atoms with E-state index >= 15 is 0 Å². The van der Waals surface area contributed by atoms with Gasteiger partial charge >= 0.3 is 5.69 Å². The Bertz CT molecular complexity index is 835. The number of amides is 2. The van der Waals surface area contributed by atoms with Crippen LogP contribution >= 0.6 is 0 Å². The van der Waals surface area contributed by atoms with Crippen molar-refractivity contribution in [1.29, 1.82) is 0 Å². The predicted octanol–water partition coefficient (Wildman–Crippen LogP) is 0.769. The van der Waals surface area contributed by atoms with Crippen LogP contribution in [0.25, 0.3) is 0 Å². The summed E-state index contributed by atoms with van der Waals surface area (Å²) in [4.78, 5) is 36.0. The largest absolute Gasteiger partial charge is 0.355 e. The van der Waals surface area contributed by atoms with E-state index in [0.29, 0.717) is 17.8 Å². The van der Waals surface area contributed by atoms with Crippen molar-refractivity contribution in [3.8, 4) is 0 Å². The fourth-order valence-electron chi connectivity index (χ4n) is 2.91. The molecule has 0 fully saturated rings. The van der Waals surface area contributed by atoms with Crippen molar-refractivity contribution in [2.24, 2.45) is 0 Å². The van der Waals surface area contributed by atoms with Gasteiger partial charge in [0.25, 0.3) is 5.91 Å². The fourth-order valence-corrected chi connectivity index (χ4v) is 2.91. The van der Waals surface area contributed by atoms with Gasteiger partial charge in [0.05, 0.1) is 0 Å². The van der Waals surface area contributed by atoms with Crippen molar-refractivity contribution in [3.05, 3.63) is 46.1 Å². The first-order valence-electron chi connectivity index (χ1n) is 8.37. The molecule has 3 rings (SSSR count). The van der Waals surface area contributed by atoms with Gasteiger partial charge in [0.2, 0.25) is 5.91 Å². The van der Waals surface area contributed by atoms with Crippen molar-refractivity contribution in [1.82, 2.24) is 19.7 Å². The lowest BCUT2D eigenvalue weighted by molar-refractivity contribution is -0.117. The number of hydrogen-bond donors (Lipinski definition) is 2. The van der Waals surface area contributed by atoms with E-state index < -0.39 is 0 Å². The molecule has 2 N–H and O–H groups in total. The Morgan fingerprint density at radius 1 is 1.16 bits per heavy atom. The molecule has 0 saturated heterocycles. The molecule has 1 aromatic carbocycles. The van der Waals surface area contributed by atoms with Gasteiger partial charge in [-0.15, -0.1) is 0 Å². The summed E-state index contributed by atoms with van der Waals surface area (Å²) < 4.78 is 2.88. The zero-order valence-corrected chi connectivity index (χ0v) is 14.1. The smallest absolute Gasteiger partial charge is 0.346 e. The van der Waals surface area contributed by atoms with Gasteiger partial charge in [0.1, 0.15) is 12.4 Å². The normalized spacial score (nSPS) is 13.6. The Balaban J connectivity index is 1.67. The molecule has 0 radical (unpaired) electrons. The van der Waals surface area contributed by atoms with E-state index in [2.05, 4.69) is 15.7 Å². The quantitative estimate of drug-likeness (QED) is 0.857. The molecule has 1 aliphatic rings. The molecule has 0 aliphatic carbocycles. The van der Waals surface area contributed by atoms with Gasteiger partial charge in [0, 0.05) is 31.3 Å². The third-order valence-electron chi connectivity index (χ3n) is 4.23. The highest BCUT2D eigenvalue weighted by atomic mass is 16.2. The number of fused-ring (bicyclic) bond motifs is 1. The number of carbonyl (C=O) groups is 2. The number of aromatic nitrogens is 3. The van der Waals surface area contributed by atoms with E-state index in [0.717, 1.165) is 31.5 Å². The van der Waals surface area contributed by atoms with Crippen LogP contribution in [-0.4, -0.2) is 33.2 Å². The van der Waals surface area contributed by atoms with E-state index in [-0.39, 0.29) is 24.0 Å². The van der Waals surface area contributed by atoms with Gasteiger partial charge in [-0.25, -0.2) is 9.48 Å². The highest BCUT2D eigenvalue weighted by Crippen LogP contribution is 2.11. The molecule has 8 heteroatoms. The Morgan fingerprint density at radius 2 is 1.92 bits per heavy atom. The molecular weight excluding hydrogens is 322 g/mol. The summed E-state index contributed by atoms with van der Waals surface area (Å²) in [6.45, 7) is 0.534. The average Bonchev–Trinajstić information content (AvgIpc) is 2.78. The third kappa shape index (κ3) is 3.78. The van der Waals surface area contributed by atoms with Crippen molar-refractivity contribution < 1.29 is 9.59 Å². The number of carbonyl (C=O) groups excluding carboxylic acids is 2. The van der Waals surface area contributed by atoms with Gasteiger partial charge in [-0.1, -0.05) is 6.42 Å². The van der Waals surface area contributed by atoms with Gasteiger partial charge in [-0.05, 0) is 37.1 Å². The summed E-state index contributed by atoms with van der Waals surface area (Å²) >= 11 is 0. The molecular formula is C17H21N5O3. The van der Waals surface area contributed by atoms with Crippen LogP contribution in [-0.2, 0) is 24.3 Å². The minimum Gasteiger partial charge on any atom is -0.355 e. The molecule has 1 aromatic heterocycles. The second-order valence-corrected chi connectivity index (χ2v) is 6.02. The van der Waals surface area contributed by atoms with Crippen molar-refractivity contribution in [3.63, 3.8) is 0 Å². The lowest BCUT2D eigenvalue weighted by atomic mass is 10.2. The number of rotatable bonds is 4. The van der Waals surface area contributed by atoms with Crippen molar-refractivity contribution in [2.75, 3.05) is 12.4 Å². The Hall–Kier alpha value is -2.90. The van der Waals surface area contributed by atoms with Crippen LogP contribution < -0.4 is 16.3 Å². The van der Waals surface area contributed by atoms with Crippen LogP contribution in [0.5, 0.6) is 0 Å². The monoisotopic (exact) mass is 343 g/mol. The predicted molar refractivity (Wildman–Crippen MR) is 92.5 cm³/mol. The number of benzene rings is 1. The fraction of sp³-hybridized carbons (Fsp3) is 0.412. The zero-order chi connectivity index (χ0) is 17.8. The summed E-state index contributed by atoms with van der Waals surface area (Å²) in [5.74, 6) is 0.234. The molecule has 132 valence electrons. The van der Waals surface area contributed by atoms with Gasteiger partial charge < -0.3 is 10.6 Å². The SMILES string of the molecule is CNC(=O)c1ccc(NC(=O)Cn2nc3n(c2=O)CCCCC3)cc1. The summed E-state index contributed by atoms with van der Waals surface area (Å²) in [6.07, 6.45) is 3.84. The highest BCUT2D eigenvalue weighted by molar-refractivity contribution is 5.95. The molecule has 2 heterocycles. The lowest BCUT2D eigenvalue weighted by Crippen LogP contribution is -2.30. The first-order chi connectivity index (χ1) is 12.1. The maximum absolute atomic E-state index is 12.3. The highest BCUT2D eigenvalue weighted by Gasteiger charge is 2.17. The number of hydrogen-bond acceptors (Lipinski definition) is 4. The first kappa shape index (κ1) is 16.9. The zero-order valence-electron chi connectivity index (χ0n) is 14.1. The number of nitrogens with one attached hydrogen (secondary N) is 2. The number of anilines is 1. The number of nitrogens with zero attached hydrogens (tertiary/aromatic N) is 3. The second-order valence-electron chi connectivity index (χ2n) is 6.02. The van der Waals surface area contributed by atoms with Gasteiger partial charge in [-0.3, -0.25) is 14.2 Å². The van der Waals surface area contributed by atoms with Crippen molar-refractivity contribution in [2.45, 2.75) is 38.8 Å². The lowest BCUT2D eigenvalue weighted by Gasteiger charge is -2.06. The summed E-state index contributed by atoms with van der Waals surface area (Å²) in [5.41, 5.74) is 0.836. The van der Waals surface area contributed by atoms with Crippen LogP contribution in [0.4, 0.5) is 5.69 Å². The minimum atomic E-state index is -0.331. The molecule has 0 saturated carbocycles. The third-order valence-corrected chi connectivity index (χ3v) is 4.23.